The highest BCUT2D eigenvalue weighted by Gasteiger charge is 2.09. The third-order valence-corrected chi connectivity index (χ3v) is 4.36. The molecule has 136 valence electrons. The van der Waals surface area contributed by atoms with Crippen molar-refractivity contribution in [3.63, 3.8) is 0 Å². The van der Waals surface area contributed by atoms with E-state index in [1.807, 2.05) is 53.0 Å². The highest BCUT2D eigenvalue weighted by molar-refractivity contribution is 6.30. The van der Waals surface area contributed by atoms with E-state index >= 15 is 0 Å². The van der Waals surface area contributed by atoms with E-state index < -0.39 is 0 Å². The monoisotopic (exact) mass is 380 g/mol. The van der Waals surface area contributed by atoms with Crippen molar-refractivity contribution in [2.45, 2.75) is 0 Å². The highest BCUT2D eigenvalue weighted by Crippen LogP contribution is 2.28. The van der Waals surface area contributed by atoms with E-state index in [0.717, 1.165) is 22.5 Å². The van der Waals surface area contributed by atoms with Gasteiger partial charge in [0.25, 0.3) is 0 Å². The first-order valence-electron chi connectivity index (χ1n) is 8.27. The van der Waals surface area contributed by atoms with Gasteiger partial charge in [0.2, 0.25) is 5.95 Å². The quantitative estimate of drug-likeness (QED) is 0.538. The van der Waals surface area contributed by atoms with Crippen LogP contribution in [0.3, 0.4) is 0 Å². The van der Waals surface area contributed by atoms with E-state index in [9.17, 15) is 0 Å². The zero-order chi connectivity index (χ0) is 18.8. The molecule has 0 aliphatic rings. The van der Waals surface area contributed by atoms with Crippen LogP contribution in [0.1, 0.15) is 0 Å². The average Bonchev–Trinajstić information content (AvgIpc) is 3.11. The zero-order valence-electron chi connectivity index (χ0n) is 14.8. The number of anilines is 2. The molecule has 0 saturated carbocycles. The fourth-order valence-corrected chi connectivity index (χ4v) is 3.02. The van der Waals surface area contributed by atoms with Crippen LogP contribution in [0.5, 0.6) is 11.5 Å². The summed E-state index contributed by atoms with van der Waals surface area (Å²) in [5.74, 6) is 1.81. The summed E-state index contributed by atoms with van der Waals surface area (Å²) in [7, 11) is 3.22. The number of nitrogens with zero attached hydrogens (tertiary/aromatic N) is 3. The van der Waals surface area contributed by atoms with Crippen molar-refractivity contribution >= 4 is 28.8 Å². The molecule has 1 N–H and O–H groups in total. The lowest BCUT2D eigenvalue weighted by molar-refractivity contribution is 0.395. The molecular weight excluding hydrogens is 364 g/mol. The van der Waals surface area contributed by atoms with Gasteiger partial charge in [-0.2, -0.15) is 0 Å². The van der Waals surface area contributed by atoms with Crippen molar-refractivity contribution in [1.82, 2.24) is 14.6 Å². The first-order valence-corrected chi connectivity index (χ1v) is 8.65. The average molecular weight is 381 g/mol. The van der Waals surface area contributed by atoms with Crippen LogP contribution < -0.4 is 14.8 Å². The van der Waals surface area contributed by atoms with Crippen molar-refractivity contribution in [2.24, 2.45) is 0 Å². The van der Waals surface area contributed by atoms with Crippen LogP contribution in [-0.4, -0.2) is 28.8 Å². The minimum atomic E-state index is 0.456. The van der Waals surface area contributed by atoms with E-state index in [0.29, 0.717) is 22.5 Å². The Hall–Kier alpha value is -3.25. The summed E-state index contributed by atoms with van der Waals surface area (Å²) in [4.78, 5) is 4.39. The fourth-order valence-electron chi connectivity index (χ4n) is 2.83. The van der Waals surface area contributed by atoms with Crippen LogP contribution in [0.4, 0.5) is 11.6 Å². The van der Waals surface area contributed by atoms with Gasteiger partial charge in [0.05, 0.1) is 31.6 Å². The molecule has 4 rings (SSSR count). The Morgan fingerprint density at radius 1 is 0.963 bits per heavy atom. The Labute approximate surface area is 161 Å². The van der Waals surface area contributed by atoms with Crippen LogP contribution in [0, 0.1) is 0 Å². The van der Waals surface area contributed by atoms with Crippen LogP contribution in [0.25, 0.3) is 16.8 Å². The minimum Gasteiger partial charge on any atom is -0.497 e. The summed E-state index contributed by atoms with van der Waals surface area (Å²) < 4.78 is 12.4. The largest absolute Gasteiger partial charge is 0.497 e. The van der Waals surface area contributed by atoms with Gasteiger partial charge in [-0.3, -0.25) is 0 Å². The van der Waals surface area contributed by atoms with Crippen molar-refractivity contribution in [1.29, 1.82) is 0 Å². The molecule has 0 bridgehead atoms. The van der Waals surface area contributed by atoms with Crippen molar-refractivity contribution < 1.29 is 9.47 Å². The first-order chi connectivity index (χ1) is 13.2. The predicted molar refractivity (Wildman–Crippen MR) is 106 cm³/mol. The molecule has 2 aromatic carbocycles. The molecule has 0 radical (unpaired) electrons. The number of rotatable bonds is 5. The topological polar surface area (TPSA) is 60.7 Å². The fraction of sp³-hybridized carbons (Fsp3) is 0.100. The standard InChI is InChI=1S/C20H17ClN4O2/c1-26-17-9-15(10-18(11-17)27-2)23-20-22-12-16-6-7-19(25(16)24-20)13-4-3-5-14(21)8-13/h3-12H,1-2H3,(H,23,24). The van der Waals surface area contributed by atoms with Gasteiger partial charge in [-0.15, -0.1) is 5.10 Å². The Balaban J connectivity index is 1.73. The summed E-state index contributed by atoms with van der Waals surface area (Å²) >= 11 is 6.13. The Kier molecular flexibility index (Phi) is 4.56. The van der Waals surface area contributed by atoms with Gasteiger partial charge in [-0.05, 0) is 24.3 Å². The summed E-state index contributed by atoms with van der Waals surface area (Å²) in [5, 5.41) is 8.49. The number of benzene rings is 2. The second kappa shape index (κ2) is 7.17. The van der Waals surface area contributed by atoms with Gasteiger partial charge in [-0.25, -0.2) is 9.50 Å². The summed E-state index contributed by atoms with van der Waals surface area (Å²) in [5.41, 5.74) is 3.57. The van der Waals surface area contributed by atoms with Crippen molar-refractivity contribution in [3.05, 3.63) is 65.8 Å². The number of fused-ring (bicyclic) bond motifs is 1. The van der Waals surface area contributed by atoms with Crippen molar-refractivity contribution in [2.75, 3.05) is 19.5 Å². The molecule has 0 saturated heterocycles. The summed E-state index contributed by atoms with van der Waals surface area (Å²) in [6, 6.07) is 17.1. The molecule has 27 heavy (non-hydrogen) atoms. The minimum absolute atomic E-state index is 0.456. The number of hydrogen-bond acceptors (Lipinski definition) is 5. The maximum atomic E-state index is 6.13. The van der Waals surface area contributed by atoms with Gasteiger partial charge in [0.15, 0.2) is 0 Å². The van der Waals surface area contributed by atoms with Gasteiger partial charge < -0.3 is 14.8 Å². The Morgan fingerprint density at radius 3 is 2.44 bits per heavy atom. The molecule has 0 spiro atoms. The predicted octanol–water partition coefficient (Wildman–Crippen LogP) is 4.81. The lowest BCUT2D eigenvalue weighted by Crippen LogP contribution is -2.03. The molecule has 0 fully saturated rings. The third kappa shape index (κ3) is 3.52. The number of aromatic nitrogens is 3. The van der Waals surface area contributed by atoms with E-state index in [1.165, 1.54) is 0 Å². The molecule has 7 heteroatoms. The Morgan fingerprint density at radius 2 is 1.74 bits per heavy atom. The normalized spacial score (nSPS) is 10.8. The highest BCUT2D eigenvalue weighted by atomic mass is 35.5. The molecule has 2 aromatic heterocycles. The van der Waals surface area contributed by atoms with E-state index in [2.05, 4.69) is 15.4 Å². The number of halogens is 1. The SMILES string of the molecule is COc1cc(Nc2ncc3ccc(-c4cccc(Cl)c4)n3n2)cc(OC)c1. The zero-order valence-corrected chi connectivity index (χ0v) is 15.6. The van der Waals surface area contributed by atoms with Crippen LogP contribution >= 0.6 is 11.6 Å². The molecule has 4 aromatic rings. The smallest absolute Gasteiger partial charge is 0.245 e. The number of ether oxygens (including phenoxy) is 2. The van der Waals surface area contributed by atoms with Crippen molar-refractivity contribution in [3.8, 4) is 22.8 Å². The molecule has 0 aliphatic heterocycles. The van der Waals surface area contributed by atoms with E-state index in [1.54, 1.807) is 26.5 Å². The molecule has 0 amide bonds. The molecular formula is C20H17ClN4O2. The maximum Gasteiger partial charge on any atom is 0.245 e. The number of hydrogen-bond donors (Lipinski definition) is 1. The lowest BCUT2D eigenvalue weighted by Gasteiger charge is -2.10. The molecule has 0 atom stereocenters. The van der Waals surface area contributed by atoms with Gasteiger partial charge in [0.1, 0.15) is 11.5 Å². The summed E-state index contributed by atoms with van der Waals surface area (Å²) in [6.07, 6.45) is 1.76. The molecule has 0 aliphatic carbocycles. The maximum absolute atomic E-state index is 6.13. The second-order valence-electron chi connectivity index (χ2n) is 5.87. The third-order valence-electron chi connectivity index (χ3n) is 4.13. The van der Waals surface area contributed by atoms with Crippen LogP contribution in [0.2, 0.25) is 5.02 Å². The summed E-state index contributed by atoms with van der Waals surface area (Å²) in [6.45, 7) is 0. The van der Waals surface area contributed by atoms with E-state index in [4.69, 9.17) is 21.1 Å². The number of nitrogens with one attached hydrogen (secondary N) is 1. The first kappa shape index (κ1) is 17.2. The Bertz CT molecular complexity index is 1090. The lowest BCUT2D eigenvalue weighted by atomic mass is 10.2. The van der Waals surface area contributed by atoms with Gasteiger partial charge in [0, 0.05) is 34.5 Å². The molecule has 6 nitrogen and oxygen atoms in total. The van der Waals surface area contributed by atoms with Gasteiger partial charge >= 0.3 is 0 Å². The van der Waals surface area contributed by atoms with Gasteiger partial charge in [-0.1, -0.05) is 23.7 Å². The second-order valence-corrected chi connectivity index (χ2v) is 6.31. The van der Waals surface area contributed by atoms with E-state index in [-0.39, 0.29) is 0 Å². The molecule has 2 heterocycles. The van der Waals surface area contributed by atoms with Crippen LogP contribution in [-0.2, 0) is 0 Å². The van der Waals surface area contributed by atoms with Crippen LogP contribution in [0.15, 0.2) is 60.8 Å². The molecule has 0 unspecified atom stereocenters. The number of methoxy groups -OCH3 is 2.